The quantitative estimate of drug-likeness (QED) is 0.260. The topological polar surface area (TPSA) is 3.24 Å². The van der Waals surface area contributed by atoms with E-state index in [1.807, 2.05) is 52.0 Å². The van der Waals surface area contributed by atoms with Gasteiger partial charge in [-0.05, 0) is 121 Å². The van der Waals surface area contributed by atoms with Gasteiger partial charge in [0, 0.05) is 17.1 Å². The van der Waals surface area contributed by atoms with Crippen LogP contribution in [0.5, 0.6) is 0 Å². The summed E-state index contributed by atoms with van der Waals surface area (Å²) in [4.78, 5) is 2.43. The van der Waals surface area contributed by atoms with Crippen molar-refractivity contribution in [3.05, 3.63) is 173 Å². The lowest BCUT2D eigenvalue weighted by atomic mass is 9.94. The Morgan fingerprint density at radius 2 is 1.44 bits per heavy atom. The van der Waals surface area contributed by atoms with Crippen molar-refractivity contribution in [2.75, 3.05) is 4.90 Å². The van der Waals surface area contributed by atoms with Gasteiger partial charge in [0.05, 0.1) is 0 Å². The van der Waals surface area contributed by atoms with E-state index in [-0.39, 0.29) is 0 Å². The molecule has 5 rings (SSSR count). The van der Waals surface area contributed by atoms with E-state index in [0.29, 0.717) is 0 Å². The highest BCUT2D eigenvalue weighted by atomic mass is 15.2. The summed E-state index contributed by atoms with van der Waals surface area (Å²) in [6.45, 7) is 24.3. The van der Waals surface area contributed by atoms with Gasteiger partial charge in [-0.15, -0.1) is 0 Å². The van der Waals surface area contributed by atoms with Gasteiger partial charge >= 0.3 is 0 Å². The second kappa shape index (κ2) is 22.3. The van der Waals surface area contributed by atoms with E-state index in [4.69, 9.17) is 0 Å². The van der Waals surface area contributed by atoms with Gasteiger partial charge < -0.3 is 4.90 Å². The van der Waals surface area contributed by atoms with E-state index in [9.17, 15) is 0 Å². The SMILES string of the molecule is C=C/C=C(C)\C=C/C.C=Cc1ccc(N(C2=CCCC(C)=C2)C2=CC=C(c3ccc(C)cc3)CC2)cc1.CC.CCC1=CCCC(C)=C1. The normalized spacial score (nSPS) is 15.6. The molecule has 0 saturated carbocycles. The van der Waals surface area contributed by atoms with Crippen molar-refractivity contribution in [2.45, 2.75) is 100 Å². The number of allylic oxidation sites excluding steroid dienone is 16. The molecule has 0 aliphatic heterocycles. The van der Waals surface area contributed by atoms with Crippen LogP contribution in [-0.2, 0) is 0 Å². The Labute approximate surface area is 294 Å². The summed E-state index contributed by atoms with van der Waals surface area (Å²) in [6.07, 6.45) is 31.7. The molecule has 3 aliphatic carbocycles. The molecule has 0 fully saturated rings. The van der Waals surface area contributed by atoms with Crippen molar-refractivity contribution in [2.24, 2.45) is 0 Å². The largest absolute Gasteiger partial charge is 0.315 e. The Kier molecular flexibility index (Phi) is 18.5. The molecule has 0 atom stereocenters. The standard InChI is InChI=1S/C28H29N.C9H14.C8H12.C2H6/c1-4-23-10-16-26(17-11-23)29(28-7-5-6-22(3)20-28)27-18-14-25(15-19-27)24-12-8-21(2)9-13-24;1-3-9-6-4-5-8(2)7-9;1-4-6-8(3)7-5-2;1-2/h4,7-14,16-18,20H,1,5-6,15,19H2,2-3H3;6-7H,3-5H2,1-2H3;4-7H,1H2,2-3H3;1-2H3/b;;7-5-,8-6-;. The predicted octanol–water partition coefficient (Wildman–Crippen LogP) is 14.6. The van der Waals surface area contributed by atoms with E-state index in [1.165, 1.54) is 75.3 Å². The molecule has 0 amide bonds. The predicted molar refractivity (Wildman–Crippen MR) is 218 cm³/mol. The first-order chi connectivity index (χ1) is 23.3. The summed E-state index contributed by atoms with van der Waals surface area (Å²) in [5.74, 6) is 0. The fraction of sp³-hybridized carbons (Fsp3) is 0.319. The second-order valence-corrected chi connectivity index (χ2v) is 12.3. The molecule has 2 aromatic carbocycles. The highest BCUT2D eigenvalue weighted by molar-refractivity contribution is 5.71. The first-order valence-electron chi connectivity index (χ1n) is 17.9. The molecule has 3 aliphatic rings. The highest BCUT2D eigenvalue weighted by Gasteiger charge is 2.20. The van der Waals surface area contributed by atoms with Crippen molar-refractivity contribution >= 4 is 17.3 Å². The molecule has 0 unspecified atom stereocenters. The zero-order valence-electron chi connectivity index (χ0n) is 31.3. The third-order valence-electron chi connectivity index (χ3n) is 8.36. The summed E-state index contributed by atoms with van der Waals surface area (Å²) in [5.41, 5.74) is 14.8. The van der Waals surface area contributed by atoms with Crippen LogP contribution in [0.2, 0.25) is 0 Å². The molecule has 0 bridgehead atoms. The molecule has 1 heteroatoms. The van der Waals surface area contributed by atoms with E-state index >= 15 is 0 Å². The molecule has 254 valence electrons. The molecule has 0 heterocycles. The Morgan fingerprint density at radius 1 is 0.792 bits per heavy atom. The molecule has 0 N–H and O–H groups in total. The van der Waals surface area contributed by atoms with Gasteiger partial charge in [-0.3, -0.25) is 0 Å². The van der Waals surface area contributed by atoms with Gasteiger partial charge in [0.25, 0.3) is 0 Å². The second-order valence-electron chi connectivity index (χ2n) is 12.3. The maximum atomic E-state index is 3.88. The van der Waals surface area contributed by atoms with Crippen LogP contribution in [0.3, 0.4) is 0 Å². The fourth-order valence-corrected chi connectivity index (χ4v) is 5.73. The number of benzene rings is 2. The first-order valence-corrected chi connectivity index (χ1v) is 17.9. The maximum absolute atomic E-state index is 3.88. The Bertz CT molecular complexity index is 1560. The summed E-state index contributed by atoms with van der Waals surface area (Å²) in [7, 11) is 0. The lowest BCUT2D eigenvalue weighted by Gasteiger charge is -2.32. The molecule has 0 radical (unpaired) electrons. The number of aryl methyl sites for hydroxylation is 1. The monoisotopic (exact) mass is 639 g/mol. The van der Waals surface area contributed by atoms with Crippen molar-refractivity contribution < 1.29 is 0 Å². The Morgan fingerprint density at radius 3 is 1.94 bits per heavy atom. The highest BCUT2D eigenvalue weighted by Crippen LogP contribution is 2.35. The minimum Gasteiger partial charge on any atom is -0.315 e. The smallest absolute Gasteiger partial charge is 0.0458 e. The van der Waals surface area contributed by atoms with E-state index in [0.717, 1.165) is 31.2 Å². The molecule has 0 spiro atoms. The number of anilines is 1. The Balaban J connectivity index is 0.000000345. The van der Waals surface area contributed by atoms with E-state index < -0.39 is 0 Å². The Hall–Kier alpha value is -4.36. The van der Waals surface area contributed by atoms with Crippen LogP contribution < -0.4 is 4.90 Å². The van der Waals surface area contributed by atoms with Gasteiger partial charge in [0.1, 0.15) is 0 Å². The summed E-state index contributed by atoms with van der Waals surface area (Å²) in [6, 6.07) is 17.6. The van der Waals surface area contributed by atoms with Crippen molar-refractivity contribution in [1.82, 2.24) is 0 Å². The van der Waals surface area contributed by atoms with Gasteiger partial charge in [-0.2, -0.15) is 0 Å². The first kappa shape index (κ1) is 39.8. The molecule has 0 saturated heterocycles. The van der Waals surface area contributed by atoms with Gasteiger partial charge in [-0.25, -0.2) is 0 Å². The summed E-state index contributed by atoms with van der Waals surface area (Å²) < 4.78 is 0. The lowest BCUT2D eigenvalue weighted by Crippen LogP contribution is -2.23. The lowest BCUT2D eigenvalue weighted by molar-refractivity contribution is 0.880. The summed E-state index contributed by atoms with van der Waals surface area (Å²) >= 11 is 0. The average molecular weight is 640 g/mol. The maximum Gasteiger partial charge on any atom is 0.0458 e. The number of hydrogen-bond acceptors (Lipinski definition) is 1. The molecule has 0 aromatic heterocycles. The van der Waals surface area contributed by atoms with Crippen LogP contribution in [-0.4, -0.2) is 0 Å². The molecular formula is C47H61N. The van der Waals surface area contributed by atoms with E-state index in [1.54, 1.807) is 6.08 Å². The van der Waals surface area contributed by atoms with Crippen molar-refractivity contribution in [1.29, 1.82) is 0 Å². The molecule has 1 nitrogen and oxygen atoms in total. The molecule has 48 heavy (non-hydrogen) atoms. The fourth-order valence-electron chi connectivity index (χ4n) is 5.73. The van der Waals surface area contributed by atoms with Gasteiger partial charge in [0.15, 0.2) is 0 Å². The minimum atomic E-state index is 1.03. The van der Waals surface area contributed by atoms with Crippen LogP contribution in [0.4, 0.5) is 5.69 Å². The zero-order chi connectivity index (χ0) is 35.3. The third-order valence-corrected chi connectivity index (χ3v) is 8.36. The van der Waals surface area contributed by atoms with Crippen molar-refractivity contribution in [3.63, 3.8) is 0 Å². The zero-order valence-corrected chi connectivity index (χ0v) is 31.3. The summed E-state index contributed by atoms with van der Waals surface area (Å²) in [5, 5.41) is 0. The molecule has 2 aromatic rings. The van der Waals surface area contributed by atoms with Crippen LogP contribution >= 0.6 is 0 Å². The van der Waals surface area contributed by atoms with Crippen LogP contribution in [0.1, 0.15) is 110 Å². The third kappa shape index (κ3) is 13.4. The number of hydrogen-bond donors (Lipinski definition) is 0. The van der Waals surface area contributed by atoms with Crippen molar-refractivity contribution in [3.8, 4) is 0 Å². The van der Waals surface area contributed by atoms with Crippen LogP contribution in [0.25, 0.3) is 11.6 Å². The number of nitrogens with zero attached hydrogens (tertiary/aromatic N) is 1. The van der Waals surface area contributed by atoms with E-state index in [2.05, 4.69) is 131 Å². The van der Waals surface area contributed by atoms with Crippen LogP contribution in [0, 0.1) is 6.92 Å². The van der Waals surface area contributed by atoms with Gasteiger partial charge in [-0.1, -0.05) is 153 Å². The average Bonchev–Trinajstić information content (AvgIpc) is 3.11. The molecular weight excluding hydrogens is 579 g/mol. The van der Waals surface area contributed by atoms with Crippen LogP contribution in [0.15, 0.2) is 156 Å². The minimum absolute atomic E-state index is 1.03. The van der Waals surface area contributed by atoms with Gasteiger partial charge in [0.2, 0.25) is 0 Å². The number of rotatable bonds is 8.